The van der Waals surface area contributed by atoms with Crippen LogP contribution < -0.4 is 0 Å². The summed E-state index contributed by atoms with van der Waals surface area (Å²) in [7, 11) is 0. The van der Waals surface area contributed by atoms with Gasteiger partial charge in [-0.25, -0.2) is 0 Å². The van der Waals surface area contributed by atoms with Gasteiger partial charge in [-0.3, -0.25) is 14.9 Å². The zero-order valence-corrected chi connectivity index (χ0v) is 6.39. The molecule has 1 heterocycles. The van der Waals surface area contributed by atoms with Crippen LogP contribution in [0.15, 0.2) is 16.5 Å². The van der Waals surface area contributed by atoms with Crippen LogP contribution in [0.2, 0.25) is 0 Å². The number of ketones is 1. The molecule has 0 radical (unpaired) electrons. The van der Waals surface area contributed by atoms with Gasteiger partial charge in [-0.2, -0.15) is 5.26 Å². The molecule has 0 amide bonds. The predicted molar refractivity (Wildman–Crippen MR) is 39.9 cm³/mol. The molecule has 0 aromatic carbocycles. The van der Waals surface area contributed by atoms with Gasteiger partial charge in [0.1, 0.15) is 11.3 Å². The van der Waals surface area contributed by atoms with Crippen LogP contribution in [0.3, 0.4) is 0 Å². The molecule has 1 aromatic heterocycles. The highest BCUT2D eigenvalue weighted by atomic mass is 16.6. The number of Topliss-reactive ketones (excluding diaryl/α,β-unsaturated/α-hetero) is 1. The van der Waals surface area contributed by atoms with Gasteiger partial charge in [-0.15, -0.1) is 0 Å². The van der Waals surface area contributed by atoms with Crippen LogP contribution in [0, 0.1) is 21.4 Å². The summed E-state index contributed by atoms with van der Waals surface area (Å²) >= 11 is 0. The normalized spacial score (nSPS) is 9.15. The molecule has 66 valence electrons. The second-order valence-electron chi connectivity index (χ2n) is 2.15. The van der Waals surface area contributed by atoms with E-state index in [1.54, 1.807) is 6.07 Å². The van der Waals surface area contributed by atoms with E-state index >= 15 is 0 Å². The van der Waals surface area contributed by atoms with Crippen LogP contribution >= 0.6 is 0 Å². The van der Waals surface area contributed by atoms with Crippen LogP contribution in [0.4, 0.5) is 5.88 Å². The molecule has 1 aromatic rings. The Morgan fingerprint density at radius 3 is 2.85 bits per heavy atom. The molecule has 6 heteroatoms. The number of nitrogens with zero attached hydrogens (tertiary/aromatic N) is 2. The fraction of sp³-hybridized carbons (Fsp3) is 0.143. The van der Waals surface area contributed by atoms with E-state index in [9.17, 15) is 14.9 Å². The highest BCUT2D eigenvalue weighted by Crippen LogP contribution is 2.16. The van der Waals surface area contributed by atoms with Crippen molar-refractivity contribution >= 4 is 11.7 Å². The molecule has 0 saturated carbocycles. The molecule has 0 unspecified atom stereocenters. The van der Waals surface area contributed by atoms with E-state index in [0.717, 1.165) is 6.07 Å². The van der Waals surface area contributed by atoms with Gasteiger partial charge in [0.05, 0.1) is 12.1 Å². The average molecular weight is 180 g/mol. The van der Waals surface area contributed by atoms with Crippen molar-refractivity contribution in [2.75, 3.05) is 0 Å². The summed E-state index contributed by atoms with van der Waals surface area (Å²) in [5.74, 6) is -1.22. The lowest BCUT2D eigenvalue weighted by atomic mass is 10.2. The lowest BCUT2D eigenvalue weighted by molar-refractivity contribution is -0.402. The van der Waals surface area contributed by atoms with Gasteiger partial charge in [-0.05, 0) is 6.07 Å². The van der Waals surface area contributed by atoms with E-state index in [-0.39, 0.29) is 12.2 Å². The summed E-state index contributed by atoms with van der Waals surface area (Å²) in [5.41, 5.74) is 0. The number of hydrogen-bond donors (Lipinski definition) is 0. The molecule has 0 N–H and O–H groups in total. The van der Waals surface area contributed by atoms with Gasteiger partial charge in [0, 0.05) is 0 Å². The van der Waals surface area contributed by atoms with Crippen LogP contribution in [-0.4, -0.2) is 10.7 Å². The number of rotatable bonds is 3. The molecule has 13 heavy (non-hydrogen) atoms. The van der Waals surface area contributed by atoms with Crippen LogP contribution in [0.1, 0.15) is 17.0 Å². The van der Waals surface area contributed by atoms with E-state index in [1.165, 1.54) is 6.07 Å². The molecule has 0 atom stereocenters. The van der Waals surface area contributed by atoms with Gasteiger partial charge in [-0.1, -0.05) is 0 Å². The molecule has 0 aliphatic heterocycles. The van der Waals surface area contributed by atoms with Crippen molar-refractivity contribution in [1.82, 2.24) is 0 Å². The zero-order chi connectivity index (χ0) is 9.84. The first-order chi connectivity index (χ1) is 6.15. The van der Waals surface area contributed by atoms with Crippen molar-refractivity contribution in [2.45, 2.75) is 6.42 Å². The minimum absolute atomic E-state index is 0.159. The minimum atomic E-state index is -0.747. The smallest absolute Gasteiger partial charge is 0.397 e. The SMILES string of the molecule is N#CCC(=O)c1ccc([N+](=O)[O-])o1. The van der Waals surface area contributed by atoms with Gasteiger partial charge in [0.15, 0.2) is 5.76 Å². The molecule has 0 bridgehead atoms. The summed E-state index contributed by atoms with van der Waals surface area (Å²) in [4.78, 5) is 20.3. The van der Waals surface area contributed by atoms with Gasteiger partial charge in [0.2, 0.25) is 5.78 Å². The molecule has 1 rings (SSSR count). The molecule has 6 nitrogen and oxygen atoms in total. The van der Waals surface area contributed by atoms with E-state index in [4.69, 9.17) is 5.26 Å². The van der Waals surface area contributed by atoms with E-state index in [2.05, 4.69) is 4.42 Å². The highest BCUT2D eigenvalue weighted by Gasteiger charge is 2.16. The Kier molecular flexibility index (Phi) is 2.40. The van der Waals surface area contributed by atoms with Gasteiger partial charge in [0.25, 0.3) is 0 Å². The van der Waals surface area contributed by atoms with Crippen molar-refractivity contribution in [3.8, 4) is 6.07 Å². The summed E-state index contributed by atoms with van der Waals surface area (Å²) in [6.07, 6.45) is -0.343. The van der Waals surface area contributed by atoms with Gasteiger partial charge < -0.3 is 4.42 Å². The fourth-order valence-corrected chi connectivity index (χ4v) is 0.735. The first kappa shape index (κ1) is 8.93. The summed E-state index contributed by atoms with van der Waals surface area (Å²) in [6, 6.07) is 3.88. The van der Waals surface area contributed by atoms with Crippen molar-refractivity contribution < 1.29 is 14.1 Å². The largest absolute Gasteiger partial charge is 0.433 e. The second kappa shape index (κ2) is 3.49. The third kappa shape index (κ3) is 1.90. The maximum Gasteiger partial charge on any atom is 0.433 e. The Hall–Kier alpha value is -2.16. The third-order valence-electron chi connectivity index (χ3n) is 1.29. The number of hydrogen-bond acceptors (Lipinski definition) is 5. The summed E-state index contributed by atoms with van der Waals surface area (Å²) < 4.78 is 4.56. The molecular formula is C7H4N2O4. The molecular weight excluding hydrogens is 176 g/mol. The standard InChI is InChI=1S/C7H4N2O4/c8-4-3-5(10)6-1-2-7(13-6)9(11)12/h1-2H,3H2. The van der Waals surface area contributed by atoms with Crippen molar-refractivity contribution in [3.63, 3.8) is 0 Å². The Balaban J connectivity index is 2.87. The van der Waals surface area contributed by atoms with E-state index in [0.29, 0.717) is 0 Å². The van der Waals surface area contributed by atoms with Crippen molar-refractivity contribution in [1.29, 1.82) is 5.26 Å². The Labute approximate surface area is 72.5 Å². The number of nitriles is 1. The summed E-state index contributed by atoms with van der Waals surface area (Å²) in [5, 5.41) is 18.3. The highest BCUT2D eigenvalue weighted by molar-refractivity contribution is 5.94. The lowest BCUT2D eigenvalue weighted by Crippen LogP contribution is -1.94. The van der Waals surface area contributed by atoms with Crippen molar-refractivity contribution in [3.05, 3.63) is 28.0 Å². The van der Waals surface area contributed by atoms with Crippen LogP contribution in [0.25, 0.3) is 0 Å². The number of carbonyl (C=O) groups is 1. The van der Waals surface area contributed by atoms with Crippen LogP contribution in [-0.2, 0) is 0 Å². The Morgan fingerprint density at radius 1 is 1.69 bits per heavy atom. The number of nitro groups is 1. The minimum Gasteiger partial charge on any atom is -0.397 e. The van der Waals surface area contributed by atoms with Crippen LogP contribution in [0.5, 0.6) is 0 Å². The monoisotopic (exact) mass is 180 g/mol. The fourth-order valence-electron chi connectivity index (χ4n) is 0.735. The maximum absolute atomic E-state index is 10.9. The van der Waals surface area contributed by atoms with Crippen molar-refractivity contribution in [2.24, 2.45) is 0 Å². The molecule has 0 spiro atoms. The maximum atomic E-state index is 10.9. The van der Waals surface area contributed by atoms with Gasteiger partial charge >= 0.3 is 5.88 Å². The Bertz CT molecular complexity index is 387. The number of carbonyl (C=O) groups excluding carboxylic acids is 1. The zero-order valence-electron chi connectivity index (χ0n) is 6.39. The Morgan fingerprint density at radius 2 is 2.38 bits per heavy atom. The topological polar surface area (TPSA) is 97.1 Å². The molecule has 0 saturated heterocycles. The lowest BCUT2D eigenvalue weighted by Gasteiger charge is -1.86. The average Bonchev–Trinajstić information content (AvgIpc) is 2.52. The molecule has 0 aliphatic carbocycles. The second-order valence-corrected chi connectivity index (χ2v) is 2.15. The van der Waals surface area contributed by atoms with E-state index in [1.807, 2.05) is 0 Å². The predicted octanol–water partition coefficient (Wildman–Crippen LogP) is 1.28. The third-order valence-corrected chi connectivity index (χ3v) is 1.29. The quantitative estimate of drug-likeness (QED) is 0.396. The number of furan rings is 1. The molecule has 0 aliphatic rings. The first-order valence-electron chi connectivity index (χ1n) is 3.29. The van der Waals surface area contributed by atoms with E-state index < -0.39 is 16.6 Å². The molecule has 0 fully saturated rings. The first-order valence-corrected chi connectivity index (χ1v) is 3.29. The summed E-state index contributed by atoms with van der Waals surface area (Å²) in [6.45, 7) is 0.